The van der Waals surface area contributed by atoms with Gasteiger partial charge < -0.3 is 15.0 Å². The zero-order valence-electron chi connectivity index (χ0n) is 17.4. The molecule has 7 nitrogen and oxygen atoms in total. The van der Waals surface area contributed by atoms with Gasteiger partial charge in [-0.1, -0.05) is 41.4 Å². The maximum absolute atomic E-state index is 13.0. The summed E-state index contributed by atoms with van der Waals surface area (Å²) in [7, 11) is -4.00. The minimum Gasteiger partial charge on any atom is -0.378 e. The molecule has 0 atom stereocenters. The molecule has 1 amide bonds. The first-order valence-corrected chi connectivity index (χ1v) is 12.4. The van der Waals surface area contributed by atoms with Gasteiger partial charge in [-0.05, 0) is 48.5 Å². The van der Waals surface area contributed by atoms with Gasteiger partial charge in [0, 0.05) is 23.7 Å². The van der Waals surface area contributed by atoms with Crippen LogP contribution in [-0.4, -0.2) is 40.6 Å². The van der Waals surface area contributed by atoms with Gasteiger partial charge in [-0.25, -0.2) is 8.42 Å². The second-order valence-corrected chi connectivity index (χ2v) is 9.85. The van der Waals surface area contributed by atoms with E-state index in [1.807, 2.05) is 24.3 Å². The van der Waals surface area contributed by atoms with Crippen molar-refractivity contribution >= 4 is 56.2 Å². The van der Waals surface area contributed by atoms with Gasteiger partial charge in [-0.2, -0.15) is 0 Å². The van der Waals surface area contributed by atoms with Gasteiger partial charge in [0.2, 0.25) is 0 Å². The predicted molar refractivity (Wildman–Crippen MR) is 131 cm³/mol. The third-order valence-electron chi connectivity index (χ3n) is 5.08. The van der Waals surface area contributed by atoms with Crippen molar-refractivity contribution in [1.82, 2.24) is 0 Å². The lowest BCUT2D eigenvalue weighted by molar-refractivity contribution is 0.102. The second-order valence-electron chi connectivity index (χ2n) is 7.33. The number of morpholine rings is 1. The Bertz CT molecular complexity index is 1280. The highest BCUT2D eigenvalue weighted by molar-refractivity contribution is 7.92. The summed E-state index contributed by atoms with van der Waals surface area (Å²) in [5.74, 6) is -0.423. The van der Waals surface area contributed by atoms with Crippen LogP contribution < -0.4 is 14.9 Å². The van der Waals surface area contributed by atoms with E-state index in [0.717, 1.165) is 18.8 Å². The molecule has 0 aliphatic carbocycles. The van der Waals surface area contributed by atoms with Gasteiger partial charge >= 0.3 is 0 Å². The molecule has 1 aliphatic rings. The normalized spacial score (nSPS) is 14.1. The molecule has 1 fully saturated rings. The number of para-hydroxylation sites is 2. The summed E-state index contributed by atoms with van der Waals surface area (Å²) in [6.07, 6.45) is 0. The molecule has 0 spiro atoms. The first-order chi connectivity index (χ1) is 15.8. The highest BCUT2D eigenvalue weighted by atomic mass is 35.5. The lowest BCUT2D eigenvalue weighted by Crippen LogP contribution is -2.36. The molecule has 172 valence electrons. The average Bonchev–Trinajstić information content (AvgIpc) is 2.82. The third kappa shape index (κ3) is 5.59. The molecular weight excluding hydrogens is 485 g/mol. The topological polar surface area (TPSA) is 87.7 Å². The van der Waals surface area contributed by atoms with Crippen LogP contribution in [0.1, 0.15) is 10.4 Å². The Morgan fingerprint density at radius 2 is 1.67 bits per heavy atom. The van der Waals surface area contributed by atoms with E-state index in [4.69, 9.17) is 27.9 Å². The van der Waals surface area contributed by atoms with Crippen LogP contribution in [0.4, 0.5) is 17.1 Å². The number of sulfonamides is 1. The number of carbonyl (C=O) groups is 1. The molecule has 10 heteroatoms. The maximum atomic E-state index is 13.0. The van der Waals surface area contributed by atoms with Crippen LogP contribution >= 0.6 is 23.2 Å². The predicted octanol–water partition coefficient (Wildman–Crippen LogP) is 4.88. The van der Waals surface area contributed by atoms with E-state index in [0.29, 0.717) is 23.9 Å². The molecule has 0 aromatic heterocycles. The number of rotatable bonds is 6. The minimum atomic E-state index is -4.00. The van der Waals surface area contributed by atoms with Crippen LogP contribution in [0.2, 0.25) is 10.0 Å². The van der Waals surface area contributed by atoms with E-state index in [2.05, 4.69) is 14.9 Å². The SMILES string of the molecule is O=C(Nc1ccccc1N1CCOCC1)c1cccc(S(=O)(=O)Nc2cc(Cl)ccc2Cl)c1. The maximum Gasteiger partial charge on any atom is 0.261 e. The lowest BCUT2D eigenvalue weighted by atomic mass is 10.2. The monoisotopic (exact) mass is 505 g/mol. The van der Waals surface area contributed by atoms with Crippen LogP contribution in [0.5, 0.6) is 0 Å². The molecule has 3 aromatic carbocycles. The van der Waals surface area contributed by atoms with Crippen molar-refractivity contribution in [1.29, 1.82) is 0 Å². The van der Waals surface area contributed by atoms with E-state index in [1.165, 1.54) is 30.3 Å². The smallest absolute Gasteiger partial charge is 0.261 e. The Morgan fingerprint density at radius 3 is 2.45 bits per heavy atom. The van der Waals surface area contributed by atoms with Crippen molar-refractivity contribution in [2.24, 2.45) is 0 Å². The average molecular weight is 506 g/mol. The molecule has 0 saturated carbocycles. The highest BCUT2D eigenvalue weighted by Gasteiger charge is 2.20. The van der Waals surface area contributed by atoms with Gasteiger partial charge in [0.05, 0.1) is 40.2 Å². The van der Waals surface area contributed by atoms with Gasteiger partial charge in [0.15, 0.2) is 0 Å². The fourth-order valence-electron chi connectivity index (χ4n) is 3.44. The Kier molecular flexibility index (Phi) is 7.09. The van der Waals surface area contributed by atoms with Crippen LogP contribution in [0.15, 0.2) is 71.6 Å². The van der Waals surface area contributed by atoms with Crippen LogP contribution in [0.25, 0.3) is 0 Å². The molecule has 2 N–H and O–H groups in total. The molecular formula is C23H21Cl2N3O4S. The summed E-state index contributed by atoms with van der Waals surface area (Å²) >= 11 is 12.0. The Balaban J connectivity index is 1.56. The molecule has 0 radical (unpaired) electrons. The number of nitrogens with zero attached hydrogens (tertiary/aromatic N) is 1. The van der Waals surface area contributed by atoms with E-state index >= 15 is 0 Å². The number of halogens is 2. The number of hydrogen-bond acceptors (Lipinski definition) is 5. The summed E-state index contributed by atoms with van der Waals surface area (Å²) < 4.78 is 33.6. The molecule has 1 aliphatic heterocycles. The summed E-state index contributed by atoms with van der Waals surface area (Å²) in [6, 6.07) is 17.7. The molecule has 1 heterocycles. The van der Waals surface area contributed by atoms with Crippen LogP contribution in [0, 0.1) is 0 Å². The number of hydrogen-bond donors (Lipinski definition) is 2. The zero-order valence-corrected chi connectivity index (χ0v) is 19.8. The minimum absolute atomic E-state index is 0.0762. The van der Waals surface area contributed by atoms with E-state index < -0.39 is 15.9 Å². The second kappa shape index (κ2) is 10.0. The number of benzene rings is 3. The van der Waals surface area contributed by atoms with Gasteiger partial charge in [-0.15, -0.1) is 0 Å². The van der Waals surface area contributed by atoms with Crippen molar-refractivity contribution in [3.05, 3.63) is 82.3 Å². The number of amides is 1. The Hall–Kier alpha value is -2.78. The number of nitrogens with one attached hydrogen (secondary N) is 2. The molecule has 0 unspecified atom stereocenters. The first kappa shape index (κ1) is 23.4. The fourth-order valence-corrected chi connectivity index (χ4v) is 4.95. The highest BCUT2D eigenvalue weighted by Crippen LogP contribution is 2.29. The van der Waals surface area contributed by atoms with Crippen LogP contribution in [-0.2, 0) is 14.8 Å². The van der Waals surface area contributed by atoms with Gasteiger partial charge in [-0.3, -0.25) is 9.52 Å². The van der Waals surface area contributed by atoms with Crippen LogP contribution in [0.3, 0.4) is 0 Å². The lowest BCUT2D eigenvalue weighted by Gasteiger charge is -2.30. The number of anilines is 3. The van der Waals surface area contributed by atoms with Gasteiger partial charge in [0.1, 0.15) is 0 Å². The van der Waals surface area contributed by atoms with E-state index in [-0.39, 0.29) is 21.2 Å². The van der Waals surface area contributed by atoms with E-state index in [9.17, 15) is 13.2 Å². The summed E-state index contributed by atoms with van der Waals surface area (Å²) in [5.41, 5.74) is 1.88. The quantitative estimate of drug-likeness (QED) is 0.498. The summed E-state index contributed by atoms with van der Waals surface area (Å²) in [6.45, 7) is 2.67. The molecule has 3 aromatic rings. The zero-order chi connectivity index (χ0) is 23.4. The summed E-state index contributed by atoms with van der Waals surface area (Å²) in [5, 5.41) is 3.44. The standard InChI is InChI=1S/C23H21Cl2N3O4S/c24-17-8-9-19(25)21(15-17)27-33(30,31)18-5-3-4-16(14-18)23(29)26-20-6-1-2-7-22(20)28-10-12-32-13-11-28/h1-9,14-15,27H,10-13H2,(H,26,29). The van der Waals surface area contributed by atoms with Crippen molar-refractivity contribution in [3.63, 3.8) is 0 Å². The molecule has 4 rings (SSSR count). The molecule has 1 saturated heterocycles. The largest absolute Gasteiger partial charge is 0.378 e. The first-order valence-electron chi connectivity index (χ1n) is 10.1. The Labute approximate surface area is 202 Å². The van der Waals surface area contributed by atoms with Gasteiger partial charge in [0.25, 0.3) is 15.9 Å². The fraction of sp³-hybridized carbons (Fsp3) is 0.174. The summed E-state index contributed by atoms with van der Waals surface area (Å²) in [4.78, 5) is 15.0. The van der Waals surface area contributed by atoms with Crippen molar-refractivity contribution in [3.8, 4) is 0 Å². The molecule has 33 heavy (non-hydrogen) atoms. The van der Waals surface area contributed by atoms with E-state index in [1.54, 1.807) is 12.1 Å². The van der Waals surface area contributed by atoms with Crippen molar-refractivity contribution in [2.75, 3.05) is 41.2 Å². The number of carbonyl (C=O) groups excluding carboxylic acids is 1. The number of ether oxygens (including phenoxy) is 1. The van der Waals surface area contributed by atoms with Crippen molar-refractivity contribution in [2.45, 2.75) is 4.90 Å². The Morgan fingerprint density at radius 1 is 0.909 bits per heavy atom. The van der Waals surface area contributed by atoms with Crippen molar-refractivity contribution < 1.29 is 17.9 Å². The molecule has 0 bridgehead atoms. The third-order valence-corrected chi connectivity index (χ3v) is 7.01.